The van der Waals surface area contributed by atoms with Gasteiger partial charge in [-0.05, 0) is 86.4 Å². The summed E-state index contributed by atoms with van der Waals surface area (Å²) in [6, 6.07) is 0. The molecule has 0 N–H and O–H groups in total. The molecule has 7 atom stereocenters. The molecule has 1 unspecified atom stereocenters. The van der Waals surface area contributed by atoms with Crippen LogP contribution >= 0.6 is 0 Å². The number of carbonyl (C=O) groups is 2. The molecule has 5 aliphatic carbocycles. The van der Waals surface area contributed by atoms with Crippen LogP contribution in [0.25, 0.3) is 0 Å². The lowest BCUT2D eigenvalue weighted by Gasteiger charge is -2.60. The van der Waals surface area contributed by atoms with Gasteiger partial charge in [-0.3, -0.25) is 9.59 Å². The van der Waals surface area contributed by atoms with Gasteiger partial charge in [-0.2, -0.15) is 0 Å². The Kier molecular flexibility index (Phi) is 6.49. The molecule has 0 aliphatic heterocycles. The smallest absolute Gasteiger partial charge is 0.306 e. The zero-order chi connectivity index (χ0) is 22.3. The first kappa shape index (κ1) is 22.9. The maximum Gasteiger partial charge on any atom is 0.306 e. The lowest BCUT2D eigenvalue weighted by molar-refractivity contribution is -0.164. The lowest BCUT2D eigenvalue weighted by Crippen LogP contribution is -2.54. The van der Waals surface area contributed by atoms with E-state index < -0.39 is 0 Å². The van der Waals surface area contributed by atoms with Crippen molar-refractivity contribution in [2.24, 2.45) is 40.4 Å². The predicted molar refractivity (Wildman–Crippen MR) is 127 cm³/mol. The minimum atomic E-state index is 0.0738. The van der Waals surface area contributed by atoms with Gasteiger partial charge < -0.3 is 4.74 Å². The first-order valence-corrected chi connectivity index (χ1v) is 14.1. The summed E-state index contributed by atoms with van der Waals surface area (Å²) in [5.74, 6) is 4.19. The summed E-state index contributed by atoms with van der Waals surface area (Å²) < 4.78 is 6.25. The molecule has 0 bridgehead atoms. The summed E-state index contributed by atoms with van der Waals surface area (Å²) in [7, 11) is 0. The van der Waals surface area contributed by atoms with E-state index in [9.17, 15) is 9.59 Å². The molecule has 0 amide bonds. The van der Waals surface area contributed by atoms with E-state index in [1.165, 1.54) is 70.6 Å². The molecule has 0 heterocycles. The monoisotopic (exact) mass is 442 g/mol. The summed E-state index contributed by atoms with van der Waals surface area (Å²) in [5.41, 5.74) is 0.540. The molecule has 0 aromatic carbocycles. The van der Waals surface area contributed by atoms with Crippen molar-refractivity contribution >= 4 is 11.8 Å². The highest BCUT2D eigenvalue weighted by Crippen LogP contribution is 2.66. The average Bonchev–Trinajstić information content (AvgIpc) is 2.93. The van der Waals surface area contributed by atoms with Crippen molar-refractivity contribution in [3.8, 4) is 0 Å². The van der Waals surface area contributed by atoms with Crippen LogP contribution in [0.1, 0.15) is 123 Å². The molecule has 5 rings (SSSR count). The highest BCUT2D eigenvalue weighted by Gasteiger charge is 2.61. The Morgan fingerprint density at radius 2 is 1.62 bits per heavy atom. The fourth-order valence-electron chi connectivity index (χ4n) is 9.38. The third kappa shape index (κ3) is 4.09. The molecule has 0 spiro atoms. The zero-order valence-electron chi connectivity index (χ0n) is 20.7. The maximum absolute atomic E-state index is 12.8. The first-order chi connectivity index (χ1) is 15.4. The highest BCUT2D eigenvalue weighted by atomic mass is 16.5. The fourth-order valence-corrected chi connectivity index (χ4v) is 9.38. The van der Waals surface area contributed by atoms with Crippen molar-refractivity contribution in [3.63, 3.8) is 0 Å². The van der Waals surface area contributed by atoms with Crippen molar-refractivity contribution in [2.75, 3.05) is 0 Å². The van der Waals surface area contributed by atoms with E-state index in [-0.39, 0.29) is 17.5 Å². The van der Waals surface area contributed by atoms with Crippen LogP contribution in [0.4, 0.5) is 0 Å². The van der Waals surface area contributed by atoms with E-state index >= 15 is 0 Å². The van der Waals surface area contributed by atoms with Gasteiger partial charge in [0.25, 0.3) is 0 Å². The quantitative estimate of drug-likeness (QED) is 0.340. The van der Waals surface area contributed by atoms with Crippen LogP contribution in [-0.2, 0) is 14.3 Å². The van der Waals surface area contributed by atoms with E-state index in [1.807, 2.05) is 0 Å². The molecule has 3 nitrogen and oxygen atoms in total. The van der Waals surface area contributed by atoms with Gasteiger partial charge in [-0.1, -0.05) is 52.4 Å². The molecule has 5 fully saturated rings. The topological polar surface area (TPSA) is 43.4 Å². The molecule has 0 saturated heterocycles. The Morgan fingerprint density at radius 3 is 2.41 bits per heavy atom. The lowest BCUT2D eigenvalue weighted by atomic mass is 9.45. The second kappa shape index (κ2) is 9.06. The summed E-state index contributed by atoms with van der Waals surface area (Å²) in [4.78, 5) is 25.0. The summed E-state index contributed by atoms with van der Waals surface area (Å²) in [6.07, 6.45) is 19.9. The van der Waals surface area contributed by atoms with Crippen molar-refractivity contribution in [1.82, 2.24) is 0 Å². The minimum absolute atomic E-state index is 0.0738. The van der Waals surface area contributed by atoms with Crippen LogP contribution in [0.5, 0.6) is 0 Å². The van der Waals surface area contributed by atoms with Crippen LogP contribution in [0.2, 0.25) is 0 Å². The fraction of sp³-hybridized carbons (Fsp3) is 0.931. The molecule has 3 heteroatoms. The number of ketones is 1. The van der Waals surface area contributed by atoms with Gasteiger partial charge in [-0.15, -0.1) is 0 Å². The predicted octanol–water partition coefficient (Wildman–Crippen LogP) is 7.26. The van der Waals surface area contributed by atoms with Gasteiger partial charge in [0.2, 0.25) is 0 Å². The molecule has 5 saturated carbocycles. The number of carbonyl (C=O) groups excluding carboxylic acids is 2. The van der Waals surface area contributed by atoms with Crippen LogP contribution in [-0.4, -0.2) is 17.9 Å². The third-order valence-corrected chi connectivity index (χ3v) is 11.4. The number of fused-ring (bicyclic) bond motifs is 5. The molecule has 0 radical (unpaired) electrons. The van der Waals surface area contributed by atoms with Crippen molar-refractivity contribution in [1.29, 1.82) is 0 Å². The average molecular weight is 443 g/mol. The Balaban J connectivity index is 1.20. The normalized spacial score (nSPS) is 44.8. The Hall–Kier alpha value is -0.860. The number of Topliss-reactive ketones (excluding diaryl/α,β-unsaturated/α-hetero) is 1. The summed E-state index contributed by atoms with van der Waals surface area (Å²) in [6.45, 7) is 4.96. The van der Waals surface area contributed by atoms with Gasteiger partial charge in [-0.25, -0.2) is 0 Å². The SMILES string of the molecule is C[C@]12CC[C@H]3[C@@H](CCC4CC(=O)CC[C@@]43C)[C@@H]1CC[C@@H]2OC(=O)CCC1CCCCCC1. The number of esters is 1. The number of hydrogen-bond donors (Lipinski definition) is 0. The number of hydrogen-bond acceptors (Lipinski definition) is 3. The van der Waals surface area contributed by atoms with Crippen LogP contribution in [0.15, 0.2) is 0 Å². The highest BCUT2D eigenvalue weighted by molar-refractivity contribution is 5.79. The van der Waals surface area contributed by atoms with Gasteiger partial charge in [0.15, 0.2) is 0 Å². The molecule has 32 heavy (non-hydrogen) atoms. The summed E-state index contributed by atoms with van der Waals surface area (Å²) >= 11 is 0. The Labute approximate surface area is 195 Å². The van der Waals surface area contributed by atoms with E-state index in [0.717, 1.165) is 49.9 Å². The summed E-state index contributed by atoms with van der Waals surface area (Å²) in [5, 5.41) is 0. The Bertz CT molecular complexity index is 707. The molecule has 5 aliphatic rings. The van der Waals surface area contributed by atoms with Gasteiger partial charge in [0, 0.05) is 24.7 Å². The molecule has 0 aromatic heterocycles. The van der Waals surface area contributed by atoms with Gasteiger partial charge in [0.1, 0.15) is 11.9 Å². The standard InChI is InChI=1S/C29H46O3/c1-28-17-15-22(30)19-21(28)10-11-23-24-12-13-26(29(24,2)18-16-25(23)28)32-27(31)14-9-20-7-5-3-4-6-8-20/h20-21,23-26H,3-19H2,1-2H3/t21?,23-,24-,25-,26-,28-,29-/m0/s1. The van der Waals surface area contributed by atoms with E-state index in [2.05, 4.69) is 13.8 Å². The molecular formula is C29H46O3. The first-order valence-electron chi connectivity index (χ1n) is 14.1. The minimum Gasteiger partial charge on any atom is -0.462 e. The third-order valence-electron chi connectivity index (χ3n) is 11.4. The van der Waals surface area contributed by atoms with E-state index in [4.69, 9.17) is 4.74 Å². The largest absolute Gasteiger partial charge is 0.462 e. The second-order valence-electron chi connectivity index (χ2n) is 12.9. The van der Waals surface area contributed by atoms with Crippen LogP contribution in [0, 0.1) is 40.4 Å². The van der Waals surface area contributed by atoms with Gasteiger partial charge in [0.05, 0.1) is 0 Å². The molecular weight excluding hydrogens is 396 g/mol. The molecule has 180 valence electrons. The second-order valence-corrected chi connectivity index (χ2v) is 12.9. The van der Waals surface area contributed by atoms with E-state index in [0.29, 0.717) is 29.5 Å². The number of ether oxygens (including phenoxy) is 1. The number of rotatable bonds is 4. The van der Waals surface area contributed by atoms with Crippen LogP contribution in [0.3, 0.4) is 0 Å². The zero-order valence-corrected chi connectivity index (χ0v) is 20.7. The van der Waals surface area contributed by atoms with E-state index in [1.54, 1.807) is 0 Å². The van der Waals surface area contributed by atoms with Crippen molar-refractivity contribution in [3.05, 3.63) is 0 Å². The molecule has 0 aromatic rings. The maximum atomic E-state index is 12.8. The van der Waals surface area contributed by atoms with Crippen molar-refractivity contribution in [2.45, 2.75) is 129 Å². The van der Waals surface area contributed by atoms with Gasteiger partial charge >= 0.3 is 5.97 Å². The van der Waals surface area contributed by atoms with Crippen molar-refractivity contribution < 1.29 is 14.3 Å². The Morgan fingerprint density at radius 1 is 0.875 bits per heavy atom. The van der Waals surface area contributed by atoms with Crippen LogP contribution < -0.4 is 0 Å².